The quantitative estimate of drug-likeness (QED) is 0.438. The van der Waals surface area contributed by atoms with Crippen molar-refractivity contribution in [2.24, 2.45) is 0 Å². The number of amides is 1. The standard InChI is InChI=1S/C18H28N2O8/c1-11(21)19-5-7-20(8-6-19)15-9-17(27-14(4)24)28-18(15)16(26-13(3)23)10-25-12(2)22/h15-18H,5-10H2,1-4H3/t15-,16+,17?,18-/m0/s1. The smallest absolute Gasteiger partial charge is 0.304 e. The highest BCUT2D eigenvalue weighted by Gasteiger charge is 2.46. The maximum Gasteiger partial charge on any atom is 0.304 e. The lowest BCUT2D eigenvalue weighted by Gasteiger charge is -2.40. The predicted octanol–water partition coefficient (Wildman–Crippen LogP) is -0.308. The molecule has 0 saturated carbocycles. The van der Waals surface area contributed by atoms with Crippen LogP contribution in [0.4, 0.5) is 0 Å². The van der Waals surface area contributed by atoms with Gasteiger partial charge in [0.2, 0.25) is 12.2 Å². The molecule has 10 nitrogen and oxygen atoms in total. The molecule has 0 radical (unpaired) electrons. The number of piperazine rings is 1. The molecule has 1 amide bonds. The van der Waals surface area contributed by atoms with E-state index >= 15 is 0 Å². The van der Waals surface area contributed by atoms with Crippen molar-refractivity contribution >= 4 is 23.8 Å². The Kier molecular flexibility index (Phi) is 7.76. The molecule has 0 spiro atoms. The Hall–Kier alpha value is -2.20. The molecule has 2 rings (SSSR count). The normalized spacial score (nSPS) is 26.4. The summed E-state index contributed by atoms with van der Waals surface area (Å²) in [4.78, 5) is 49.6. The molecule has 1 unspecified atom stereocenters. The second kappa shape index (κ2) is 9.83. The van der Waals surface area contributed by atoms with E-state index in [2.05, 4.69) is 4.90 Å². The van der Waals surface area contributed by atoms with E-state index in [9.17, 15) is 19.2 Å². The van der Waals surface area contributed by atoms with Gasteiger partial charge in [0.15, 0.2) is 6.10 Å². The van der Waals surface area contributed by atoms with Gasteiger partial charge in [-0.1, -0.05) is 0 Å². The van der Waals surface area contributed by atoms with Crippen LogP contribution >= 0.6 is 0 Å². The van der Waals surface area contributed by atoms with Gasteiger partial charge in [0.1, 0.15) is 12.7 Å². The van der Waals surface area contributed by atoms with E-state index in [1.165, 1.54) is 27.7 Å². The number of hydrogen-bond acceptors (Lipinski definition) is 9. The fourth-order valence-electron chi connectivity index (χ4n) is 3.58. The molecule has 10 heteroatoms. The summed E-state index contributed by atoms with van der Waals surface area (Å²) >= 11 is 0. The number of carbonyl (C=O) groups excluding carboxylic acids is 4. The predicted molar refractivity (Wildman–Crippen MR) is 94.8 cm³/mol. The Morgan fingerprint density at radius 3 is 2.11 bits per heavy atom. The SMILES string of the molecule is CC(=O)OC[C@@H](OC(C)=O)[C@H]1OC(OC(C)=O)C[C@@H]1N1CCN(C(C)=O)CC1. The molecule has 0 aliphatic carbocycles. The summed E-state index contributed by atoms with van der Waals surface area (Å²) in [5.41, 5.74) is 0. The van der Waals surface area contributed by atoms with Gasteiger partial charge in [-0.15, -0.1) is 0 Å². The molecule has 158 valence electrons. The van der Waals surface area contributed by atoms with Crippen molar-refractivity contribution in [1.29, 1.82) is 0 Å². The van der Waals surface area contributed by atoms with Crippen LogP contribution in [0.25, 0.3) is 0 Å². The molecule has 0 aromatic rings. The third-order valence-electron chi connectivity index (χ3n) is 4.78. The number of hydrogen-bond donors (Lipinski definition) is 0. The highest BCUT2D eigenvalue weighted by molar-refractivity contribution is 5.73. The molecule has 2 aliphatic rings. The second-order valence-electron chi connectivity index (χ2n) is 6.94. The van der Waals surface area contributed by atoms with E-state index in [0.29, 0.717) is 32.6 Å². The zero-order valence-corrected chi connectivity index (χ0v) is 16.7. The van der Waals surface area contributed by atoms with E-state index in [-0.39, 0.29) is 18.6 Å². The van der Waals surface area contributed by atoms with Crippen molar-refractivity contribution in [3.63, 3.8) is 0 Å². The Morgan fingerprint density at radius 1 is 0.964 bits per heavy atom. The summed E-state index contributed by atoms with van der Waals surface area (Å²) in [6, 6.07) is -0.224. The van der Waals surface area contributed by atoms with Crippen LogP contribution in [-0.4, -0.2) is 90.9 Å². The van der Waals surface area contributed by atoms with E-state index in [4.69, 9.17) is 18.9 Å². The van der Waals surface area contributed by atoms with E-state index in [1.807, 2.05) is 0 Å². The third-order valence-corrected chi connectivity index (χ3v) is 4.78. The molecule has 0 aromatic carbocycles. The summed E-state index contributed by atoms with van der Waals surface area (Å²) in [5.74, 6) is -1.49. The fourth-order valence-corrected chi connectivity index (χ4v) is 3.58. The van der Waals surface area contributed by atoms with Crippen molar-refractivity contribution in [1.82, 2.24) is 9.80 Å². The van der Waals surface area contributed by atoms with Gasteiger partial charge >= 0.3 is 17.9 Å². The van der Waals surface area contributed by atoms with Crippen LogP contribution in [-0.2, 0) is 38.1 Å². The zero-order chi connectivity index (χ0) is 20.8. The van der Waals surface area contributed by atoms with Crippen molar-refractivity contribution in [2.45, 2.75) is 58.7 Å². The van der Waals surface area contributed by atoms with E-state index in [1.54, 1.807) is 4.90 Å². The third kappa shape index (κ3) is 6.16. The first-order chi connectivity index (χ1) is 13.2. The van der Waals surface area contributed by atoms with Crippen LogP contribution in [0.2, 0.25) is 0 Å². The van der Waals surface area contributed by atoms with Gasteiger partial charge in [-0.05, 0) is 0 Å². The number of esters is 3. The molecule has 4 atom stereocenters. The van der Waals surface area contributed by atoms with Gasteiger partial charge in [0.25, 0.3) is 0 Å². The topological polar surface area (TPSA) is 112 Å². The molecule has 0 bridgehead atoms. The lowest BCUT2D eigenvalue weighted by atomic mass is 10.0. The molecule has 2 saturated heterocycles. The molecular formula is C18H28N2O8. The monoisotopic (exact) mass is 400 g/mol. The molecule has 2 fully saturated rings. The number of rotatable bonds is 6. The average Bonchev–Trinajstić information content (AvgIpc) is 3.01. The van der Waals surface area contributed by atoms with Gasteiger partial charge in [-0.25, -0.2) is 0 Å². The number of carbonyl (C=O) groups is 4. The molecule has 2 aliphatic heterocycles. The largest absolute Gasteiger partial charge is 0.462 e. The number of ether oxygens (including phenoxy) is 4. The number of nitrogens with zero attached hydrogens (tertiary/aromatic N) is 2. The van der Waals surface area contributed by atoms with Crippen LogP contribution < -0.4 is 0 Å². The van der Waals surface area contributed by atoms with Gasteiger partial charge in [0.05, 0.1) is 0 Å². The lowest BCUT2D eigenvalue weighted by Crippen LogP contribution is -2.56. The minimum atomic E-state index is -0.835. The molecular weight excluding hydrogens is 372 g/mol. The van der Waals surface area contributed by atoms with Crippen molar-refractivity contribution in [3.05, 3.63) is 0 Å². The van der Waals surface area contributed by atoms with E-state index < -0.39 is 36.4 Å². The maximum absolute atomic E-state index is 11.6. The molecule has 0 aromatic heterocycles. The highest BCUT2D eigenvalue weighted by Crippen LogP contribution is 2.30. The van der Waals surface area contributed by atoms with Gasteiger partial charge < -0.3 is 23.8 Å². The van der Waals surface area contributed by atoms with Crippen molar-refractivity contribution < 1.29 is 38.1 Å². The summed E-state index contributed by atoms with van der Waals surface area (Å²) in [7, 11) is 0. The maximum atomic E-state index is 11.6. The van der Waals surface area contributed by atoms with Crippen LogP contribution in [0.1, 0.15) is 34.1 Å². The van der Waals surface area contributed by atoms with Crippen LogP contribution in [0, 0.1) is 0 Å². The van der Waals surface area contributed by atoms with Gasteiger partial charge in [0, 0.05) is 66.3 Å². The summed E-state index contributed by atoms with van der Waals surface area (Å²) < 4.78 is 21.5. The Balaban J connectivity index is 2.15. The minimum absolute atomic E-state index is 0.0179. The molecule has 2 heterocycles. The van der Waals surface area contributed by atoms with Gasteiger partial charge in [-0.3, -0.25) is 24.1 Å². The highest BCUT2D eigenvalue weighted by atomic mass is 16.7. The van der Waals surface area contributed by atoms with Crippen molar-refractivity contribution in [3.8, 4) is 0 Å². The van der Waals surface area contributed by atoms with E-state index in [0.717, 1.165) is 0 Å². The average molecular weight is 400 g/mol. The Morgan fingerprint density at radius 2 is 1.61 bits per heavy atom. The molecule has 28 heavy (non-hydrogen) atoms. The van der Waals surface area contributed by atoms with Gasteiger partial charge in [-0.2, -0.15) is 0 Å². The first-order valence-electron chi connectivity index (χ1n) is 9.30. The zero-order valence-electron chi connectivity index (χ0n) is 16.7. The van der Waals surface area contributed by atoms with Crippen LogP contribution in [0.3, 0.4) is 0 Å². The Labute approximate surface area is 164 Å². The van der Waals surface area contributed by atoms with Crippen LogP contribution in [0.5, 0.6) is 0 Å². The summed E-state index contributed by atoms with van der Waals surface area (Å²) in [6.07, 6.45) is -1.87. The van der Waals surface area contributed by atoms with Crippen LogP contribution in [0.15, 0.2) is 0 Å². The van der Waals surface area contributed by atoms with Crippen molar-refractivity contribution in [2.75, 3.05) is 32.8 Å². The Bertz CT molecular complexity index is 602. The second-order valence-corrected chi connectivity index (χ2v) is 6.94. The first-order valence-corrected chi connectivity index (χ1v) is 9.30. The first kappa shape index (κ1) is 22.1. The molecule has 0 N–H and O–H groups in total. The lowest BCUT2D eigenvalue weighted by molar-refractivity contribution is -0.191. The fraction of sp³-hybridized carbons (Fsp3) is 0.778. The summed E-state index contributed by atoms with van der Waals surface area (Å²) in [5, 5.41) is 0. The summed E-state index contributed by atoms with van der Waals surface area (Å²) in [6.45, 7) is 7.55. The minimum Gasteiger partial charge on any atom is -0.462 e.